The van der Waals surface area contributed by atoms with Crippen molar-refractivity contribution >= 4 is 44.8 Å². The maximum absolute atomic E-state index is 6.53. The molecular formula is C48H44N2O. The summed E-state index contributed by atoms with van der Waals surface area (Å²) in [5.41, 5.74) is 15.8. The number of hydrogen-bond acceptors (Lipinski definition) is 2. The zero-order valence-corrected chi connectivity index (χ0v) is 30.4. The molecule has 51 heavy (non-hydrogen) atoms. The highest BCUT2D eigenvalue weighted by molar-refractivity contribution is 6.22. The number of aliphatic imine (C=N–C) groups is 2. The average molecular weight is 665 g/mol. The molecule has 1 atom stereocenters. The van der Waals surface area contributed by atoms with Gasteiger partial charge in [-0.05, 0) is 101 Å². The molecule has 252 valence electrons. The molecule has 0 radical (unpaired) electrons. The van der Waals surface area contributed by atoms with Gasteiger partial charge in [0.15, 0.2) is 5.84 Å². The molecule has 0 amide bonds. The van der Waals surface area contributed by atoms with Gasteiger partial charge in [0.2, 0.25) is 0 Å². The Morgan fingerprint density at radius 2 is 1.47 bits per heavy atom. The van der Waals surface area contributed by atoms with Crippen LogP contribution in [0.5, 0.6) is 0 Å². The third kappa shape index (κ3) is 5.81. The number of nitrogens with zero attached hydrogens (tertiary/aromatic N) is 2. The third-order valence-corrected chi connectivity index (χ3v) is 10.8. The minimum Gasteiger partial charge on any atom is -0.456 e. The van der Waals surface area contributed by atoms with Crippen molar-refractivity contribution in [1.82, 2.24) is 0 Å². The summed E-state index contributed by atoms with van der Waals surface area (Å²) in [6, 6.07) is 40.6. The van der Waals surface area contributed by atoms with E-state index in [1.165, 1.54) is 39.0 Å². The van der Waals surface area contributed by atoms with Crippen LogP contribution in [0.3, 0.4) is 0 Å². The van der Waals surface area contributed by atoms with Gasteiger partial charge in [0.1, 0.15) is 11.2 Å². The summed E-state index contributed by atoms with van der Waals surface area (Å²) in [6.07, 6.45) is 6.92. The molecule has 2 aliphatic carbocycles. The molecule has 3 nitrogen and oxygen atoms in total. The minimum absolute atomic E-state index is 0.0357. The molecule has 0 spiro atoms. The molecule has 2 aliphatic rings. The summed E-state index contributed by atoms with van der Waals surface area (Å²) < 4.78 is 6.53. The third-order valence-electron chi connectivity index (χ3n) is 10.8. The van der Waals surface area contributed by atoms with Gasteiger partial charge in [0.25, 0.3) is 0 Å². The van der Waals surface area contributed by atoms with Crippen molar-refractivity contribution in [2.45, 2.75) is 59.8 Å². The Labute approximate surface area is 301 Å². The van der Waals surface area contributed by atoms with Crippen LogP contribution in [-0.2, 0) is 5.41 Å². The number of allylic oxidation sites excluding steroid dienone is 5. The number of rotatable bonds is 6. The first-order chi connectivity index (χ1) is 24.7. The Morgan fingerprint density at radius 3 is 2.22 bits per heavy atom. The van der Waals surface area contributed by atoms with Gasteiger partial charge in [0.05, 0.1) is 5.70 Å². The lowest BCUT2D eigenvalue weighted by Gasteiger charge is -2.25. The Balaban J connectivity index is 1.32. The number of hydrogen-bond donors (Lipinski definition) is 0. The Bertz CT molecular complexity index is 2470. The lowest BCUT2D eigenvalue weighted by Crippen LogP contribution is -2.17. The van der Waals surface area contributed by atoms with Gasteiger partial charge in [-0.25, -0.2) is 9.98 Å². The molecule has 0 bridgehead atoms. The number of amidine groups is 1. The molecule has 0 aliphatic heterocycles. The lowest BCUT2D eigenvalue weighted by atomic mass is 9.78. The highest BCUT2D eigenvalue weighted by Crippen LogP contribution is 2.52. The van der Waals surface area contributed by atoms with Crippen LogP contribution in [0.4, 0.5) is 0 Å². The summed E-state index contributed by atoms with van der Waals surface area (Å²) in [6.45, 7) is 13.5. The predicted octanol–water partition coefficient (Wildman–Crippen LogP) is 13.0. The van der Waals surface area contributed by atoms with Gasteiger partial charge in [-0.1, -0.05) is 131 Å². The van der Waals surface area contributed by atoms with E-state index in [0.717, 1.165) is 62.9 Å². The van der Waals surface area contributed by atoms with E-state index in [4.69, 9.17) is 14.4 Å². The Kier molecular flexibility index (Phi) is 8.30. The SMILES string of the molecule is CC\C(C)=C(/N=C(\N=C(/C)c1ccccc1)c1cccc2oc3ccc(-c4ccc5c(c4)C(C)(C)C4=CC(C)CC=C45)cc3c12)c1ccccc1. The summed E-state index contributed by atoms with van der Waals surface area (Å²) in [5, 5.41) is 2.08. The van der Waals surface area contributed by atoms with Gasteiger partial charge in [0, 0.05) is 33.0 Å². The van der Waals surface area contributed by atoms with E-state index in [1.807, 2.05) is 12.1 Å². The number of fused-ring (bicyclic) bond motifs is 6. The molecule has 1 heterocycles. The van der Waals surface area contributed by atoms with Crippen LogP contribution in [0.1, 0.15) is 82.2 Å². The summed E-state index contributed by atoms with van der Waals surface area (Å²) in [7, 11) is 0. The normalized spacial score (nSPS) is 17.6. The standard InChI is InChI=1S/C48H44N2O/c1-7-31(3)46(34-17-12-9-13-18-34)50-47(49-32(4)33-15-10-8-11-16-33)39-19-14-20-44-45(39)40-28-35(23-26-43(40)51-44)36-22-25-38-37-24-21-30(2)27-41(37)48(5,6)42(38)29-36/h8-20,22-30H,7,21H2,1-6H3/b46-31-,49-32+,50-47-. The Hall–Kier alpha value is -5.54. The van der Waals surface area contributed by atoms with Crippen LogP contribution >= 0.6 is 0 Å². The summed E-state index contributed by atoms with van der Waals surface area (Å²) in [4.78, 5) is 10.7. The second-order valence-corrected chi connectivity index (χ2v) is 14.6. The van der Waals surface area contributed by atoms with Gasteiger partial charge in [-0.2, -0.15) is 0 Å². The molecular weight excluding hydrogens is 621 g/mol. The largest absolute Gasteiger partial charge is 0.456 e. The topological polar surface area (TPSA) is 37.9 Å². The van der Waals surface area contributed by atoms with Crippen molar-refractivity contribution < 1.29 is 4.42 Å². The van der Waals surface area contributed by atoms with Gasteiger partial charge in [-0.3, -0.25) is 0 Å². The van der Waals surface area contributed by atoms with Crippen molar-refractivity contribution in [2.24, 2.45) is 15.9 Å². The molecule has 3 heteroatoms. The first-order valence-corrected chi connectivity index (χ1v) is 18.2. The number of furan rings is 1. The van der Waals surface area contributed by atoms with Crippen molar-refractivity contribution in [3.05, 3.63) is 166 Å². The van der Waals surface area contributed by atoms with Crippen molar-refractivity contribution in [3.8, 4) is 11.1 Å². The van der Waals surface area contributed by atoms with Crippen LogP contribution in [0.25, 0.3) is 44.3 Å². The molecule has 5 aromatic carbocycles. The first kappa shape index (κ1) is 32.7. The quantitative estimate of drug-likeness (QED) is 0.129. The van der Waals surface area contributed by atoms with E-state index >= 15 is 0 Å². The second kappa shape index (κ2) is 13.0. The van der Waals surface area contributed by atoms with Crippen molar-refractivity contribution in [3.63, 3.8) is 0 Å². The molecule has 8 rings (SSSR count). The molecule has 0 fully saturated rings. The molecule has 6 aromatic rings. The number of benzene rings is 5. The van der Waals surface area contributed by atoms with Crippen LogP contribution in [0.2, 0.25) is 0 Å². The summed E-state index contributed by atoms with van der Waals surface area (Å²) in [5.74, 6) is 1.24. The molecule has 0 N–H and O–H groups in total. The summed E-state index contributed by atoms with van der Waals surface area (Å²) >= 11 is 0. The fourth-order valence-electron chi connectivity index (χ4n) is 7.79. The van der Waals surface area contributed by atoms with E-state index in [-0.39, 0.29) is 5.41 Å². The first-order valence-electron chi connectivity index (χ1n) is 18.2. The molecule has 0 saturated heterocycles. The second-order valence-electron chi connectivity index (χ2n) is 14.6. The van der Waals surface area contributed by atoms with E-state index in [9.17, 15) is 0 Å². The Morgan fingerprint density at radius 1 is 0.765 bits per heavy atom. The van der Waals surface area contributed by atoms with Crippen LogP contribution in [-0.4, -0.2) is 11.5 Å². The van der Waals surface area contributed by atoms with E-state index in [2.05, 4.69) is 157 Å². The van der Waals surface area contributed by atoms with Gasteiger partial charge < -0.3 is 4.42 Å². The fraction of sp³-hybridized carbons (Fsp3) is 0.208. The predicted molar refractivity (Wildman–Crippen MR) is 217 cm³/mol. The van der Waals surface area contributed by atoms with Gasteiger partial charge >= 0.3 is 0 Å². The fourth-order valence-corrected chi connectivity index (χ4v) is 7.79. The maximum Gasteiger partial charge on any atom is 0.160 e. The van der Waals surface area contributed by atoms with E-state index < -0.39 is 0 Å². The minimum atomic E-state index is -0.0357. The van der Waals surface area contributed by atoms with Crippen LogP contribution in [0, 0.1) is 5.92 Å². The highest BCUT2D eigenvalue weighted by Gasteiger charge is 2.39. The smallest absolute Gasteiger partial charge is 0.160 e. The monoisotopic (exact) mass is 664 g/mol. The highest BCUT2D eigenvalue weighted by atomic mass is 16.3. The van der Waals surface area contributed by atoms with Crippen LogP contribution in [0.15, 0.2) is 153 Å². The van der Waals surface area contributed by atoms with Gasteiger partial charge in [-0.15, -0.1) is 0 Å². The zero-order chi connectivity index (χ0) is 35.3. The molecule has 1 unspecified atom stereocenters. The maximum atomic E-state index is 6.53. The van der Waals surface area contributed by atoms with E-state index in [0.29, 0.717) is 11.8 Å². The van der Waals surface area contributed by atoms with Crippen molar-refractivity contribution in [1.29, 1.82) is 0 Å². The van der Waals surface area contributed by atoms with Crippen molar-refractivity contribution in [2.75, 3.05) is 0 Å². The zero-order valence-electron chi connectivity index (χ0n) is 30.4. The van der Waals surface area contributed by atoms with Crippen LogP contribution < -0.4 is 0 Å². The molecule has 0 saturated carbocycles. The van der Waals surface area contributed by atoms with E-state index in [1.54, 1.807) is 0 Å². The average Bonchev–Trinajstić information content (AvgIpc) is 3.64. The lowest BCUT2D eigenvalue weighted by molar-refractivity contribution is 0.633. The molecule has 1 aromatic heterocycles.